The van der Waals surface area contributed by atoms with Crippen molar-refractivity contribution in [2.45, 2.75) is 26.8 Å². The third-order valence-electron chi connectivity index (χ3n) is 3.67. The minimum Gasteiger partial charge on any atom is -0.348 e. The summed E-state index contributed by atoms with van der Waals surface area (Å²) in [7, 11) is 1.64. The van der Waals surface area contributed by atoms with Gasteiger partial charge in [0.1, 0.15) is 0 Å². The fraction of sp³-hybridized carbons (Fsp3) is 0.333. The zero-order chi connectivity index (χ0) is 17.0. The minimum atomic E-state index is -0.160. The summed E-state index contributed by atoms with van der Waals surface area (Å²) in [6.45, 7) is 6.12. The molecule has 0 spiro atoms. The Bertz CT molecular complexity index is 694. The zero-order valence-electron chi connectivity index (χ0n) is 13.9. The topological polar surface area (TPSA) is 49.4 Å². The lowest BCUT2D eigenvalue weighted by atomic mass is 10.1. The van der Waals surface area contributed by atoms with E-state index in [4.69, 9.17) is 0 Å². The molecule has 1 atom stereocenters. The normalized spacial score (nSPS) is 11.8. The molecule has 0 bridgehead atoms. The molecule has 5 heteroatoms. The number of hydrogen-bond acceptors (Lipinski definition) is 3. The first kappa shape index (κ1) is 17.2. The van der Waals surface area contributed by atoms with E-state index >= 15 is 0 Å². The molecule has 0 aliphatic rings. The van der Waals surface area contributed by atoms with E-state index in [1.165, 1.54) is 14.7 Å². The molecule has 2 amide bonds. The number of nitrogens with zero attached hydrogens (tertiary/aromatic N) is 1. The molecule has 0 radical (unpaired) electrons. The highest BCUT2D eigenvalue weighted by Gasteiger charge is 2.18. The lowest BCUT2D eigenvalue weighted by Gasteiger charge is -2.19. The molecule has 0 aliphatic heterocycles. The van der Waals surface area contributed by atoms with Crippen LogP contribution in [0.4, 0.5) is 0 Å². The Balaban J connectivity index is 1.94. The van der Waals surface area contributed by atoms with Crippen LogP contribution in [-0.2, 0) is 4.79 Å². The molecule has 1 aromatic heterocycles. The number of nitrogens with one attached hydrogen (secondary N) is 1. The molecule has 1 heterocycles. The maximum absolute atomic E-state index is 12.2. The van der Waals surface area contributed by atoms with Gasteiger partial charge in [-0.2, -0.15) is 0 Å². The first-order valence-electron chi connectivity index (χ1n) is 7.55. The Labute approximate surface area is 141 Å². The van der Waals surface area contributed by atoms with Crippen molar-refractivity contribution in [2.24, 2.45) is 0 Å². The van der Waals surface area contributed by atoms with E-state index in [0.29, 0.717) is 5.56 Å². The average Bonchev–Trinajstić information content (AvgIpc) is 2.86. The summed E-state index contributed by atoms with van der Waals surface area (Å²) in [5.41, 5.74) is 1.72. The second-order valence-corrected chi connectivity index (χ2v) is 7.15. The van der Waals surface area contributed by atoms with Crippen molar-refractivity contribution in [1.82, 2.24) is 10.2 Å². The summed E-state index contributed by atoms with van der Waals surface area (Å²) in [6.07, 6.45) is 0. The van der Waals surface area contributed by atoms with Crippen LogP contribution in [0.2, 0.25) is 0 Å². The van der Waals surface area contributed by atoms with Crippen LogP contribution < -0.4 is 5.32 Å². The van der Waals surface area contributed by atoms with E-state index in [0.717, 1.165) is 5.56 Å². The van der Waals surface area contributed by atoms with Gasteiger partial charge in [0.15, 0.2) is 0 Å². The molecule has 0 aliphatic carbocycles. The van der Waals surface area contributed by atoms with Crippen LogP contribution in [0.5, 0.6) is 0 Å². The number of carbonyl (C=O) groups excluding carboxylic acids is 2. The average molecular weight is 330 g/mol. The molecular weight excluding hydrogens is 308 g/mol. The standard InChI is InChI=1S/C18H22N2O2S/c1-12-10-16(14(3)23-12)13(2)19-17(21)11-20(4)18(22)15-8-6-5-7-9-15/h5-10,13H,11H2,1-4H3,(H,19,21)/t13-/m1/s1. The molecule has 1 N–H and O–H groups in total. The van der Waals surface area contributed by atoms with Crippen molar-refractivity contribution >= 4 is 23.2 Å². The smallest absolute Gasteiger partial charge is 0.254 e. The van der Waals surface area contributed by atoms with Crippen molar-refractivity contribution in [1.29, 1.82) is 0 Å². The summed E-state index contributed by atoms with van der Waals surface area (Å²) in [5.74, 6) is -0.316. The Morgan fingerprint density at radius 3 is 2.43 bits per heavy atom. The van der Waals surface area contributed by atoms with Crippen molar-refractivity contribution in [3.8, 4) is 0 Å². The maximum Gasteiger partial charge on any atom is 0.254 e. The fourth-order valence-electron chi connectivity index (χ4n) is 2.53. The third-order valence-corrected chi connectivity index (χ3v) is 4.65. The van der Waals surface area contributed by atoms with Gasteiger partial charge in [-0.15, -0.1) is 11.3 Å². The Hall–Kier alpha value is -2.14. The van der Waals surface area contributed by atoms with Crippen molar-refractivity contribution < 1.29 is 9.59 Å². The maximum atomic E-state index is 12.2. The number of benzene rings is 1. The SMILES string of the molecule is Cc1cc([C@@H](C)NC(=O)CN(C)C(=O)c2ccccc2)c(C)s1. The summed E-state index contributed by atoms with van der Waals surface area (Å²) >= 11 is 1.72. The first-order valence-corrected chi connectivity index (χ1v) is 8.37. The van der Waals surface area contributed by atoms with E-state index in [2.05, 4.69) is 25.2 Å². The molecule has 0 saturated heterocycles. The highest BCUT2D eigenvalue weighted by atomic mass is 32.1. The number of aryl methyl sites for hydroxylation is 2. The van der Waals surface area contributed by atoms with Gasteiger partial charge >= 0.3 is 0 Å². The molecule has 4 nitrogen and oxygen atoms in total. The molecule has 0 fully saturated rings. The molecule has 1 aromatic carbocycles. The van der Waals surface area contributed by atoms with E-state index in [-0.39, 0.29) is 24.4 Å². The third kappa shape index (κ3) is 4.42. The molecule has 2 aromatic rings. The summed E-state index contributed by atoms with van der Waals surface area (Å²) in [6, 6.07) is 11.0. The number of rotatable bonds is 5. The van der Waals surface area contributed by atoms with Gasteiger partial charge in [0.05, 0.1) is 12.6 Å². The lowest BCUT2D eigenvalue weighted by Crippen LogP contribution is -2.39. The lowest BCUT2D eigenvalue weighted by molar-refractivity contribution is -0.122. The number of thiophene rings is 1. The van der Waals surface area contributed by atoms with Crippen molar-refractivity contribution in [2.75, 3.05) is 13.6 Å². The molecule has 122 valence electrons. The van der Waals surface area contributed by atoms with Crippen molar-refractivity contribution in [3.63, 3.8) is 0 Å². The number of hydrogen-bond donors (Lipinski definition) is 1. The van der Waals surface area contributed by atoms with E-state index < -0.39 is 0 Å². The van der Waals surface area contributed by atoms with Gasteiger partial charge in [-0.05, 0) is 44.5 Å². The largest absolute Gasteiger partial charge is 0.348 e. The Morgan fingerprint density at radius 1 is 1.22 bits per heavy atom. The van der Waals surface area contributed by atoms with E-state index in [1.807, 2.05) is 25.1 Å². The van der Waals surface area contributed by atoms with Gasteiger partial charge < -0.3 is 10.2 Å². The molecule has 0 unspecified atom stereocenters. The van der Waals surface area contributed by atoms with E-state index in [9.17, 15) is 9.59 Å². The summed E-state index contributed by atoms with van der Waals surface area (Å²) in [4.78, 5) is 28.3. The van der Waals surface area contributed by atoms with Crippen LogP contribution in [0.1, 0.15) is 38.6 Å². The summed E-state index contributed by atoms with van der Waals surface area (Å²) in [5, 5.41) is 2.96. The van der Waals surface area contributed by atoms with Gasteiger partial charge in [-0.3, -0.25) is 9.59 Å². The van der Waals surface area contributed by atoms with Crippen LogP contribution in [0.3, 0.4) is 0 Å². The van der Waals surface area contributed by atoms with Gasteiger partial charge in [0, 0.05) is 22.4 Å². The highest BCUT2D eigenvalue weighted by Crippen LogP contribution is 2.26. The van der Waals surface area contributed by atoms with Gasteiger partial charge in [0.25, 0.3) is 5.91 Å². The predicted octanol–water partition coefficient (Wildman–Crippen LogP) is 3.31. The van der Waals surface area contributed by atoms with E-state index in [1.54, 1.807) is 30.5 Å². The van der Waals surface area contributed by atoms with Gasteiger partial charge in [-0.1, -0.05) is 18.2 Å². The molecule has 2 rings (SSSR count). The predicted molar refractivity (Wildman–Crippen MR) is 93.8 cm³/mol. The van der Waals surface area contributed by atoms with Crippen LogP contribution in [0.25, 0.3) is 0 Å². The number of carbonyl (C=O) groups is 2. The molecule has 0 saturated carbocycles. The second-order valence-electron chi connectivity index (χ2n) is 5.69. The fourth-order valence-corrected chi connectivity index (χ4v) is 3.56. The van der Waals surface area contributed by atoms with Crippen LogP contribution in [0.15, 0.2) is 36.4 Å². The molecular formula is C18H22N2O2S. The van der Waals surface area contributed by atoms with Gasteiger partial charge in [-0.25, -0.2) is 0 Å². The monoisotopic (exact) mass is 330 g/mol. The minimum absolute atomic E-state index is 0.0419. The Morgan fingerprint density at radius 2 is 1.87 bits per heavy atom. The highest BCUT2D eigenvalue weighted by molar-refractivity contribution is 7.12. The Kier molecular flexibility index (Phi) is 5.55. The summed E-state index contributed by atoms with van der Waals surface area (Å²) < 4.78 is 0. The van der Waals surface area contributed by atoms with Gasteiger partial charge in [0.2, 0.25) is 5.91 Å². The zero-order valence-corrected chi connectivity index (χ0v) is 14.7. The van der Waals surface area contributed by atoms with Crippen LogP contribution in [0, 0.1) is 13.8 Å². The number of amides is 2. The van der Waals surface area contributed by atoms with Crippen LogP contribution >= 0.6 is 11.3 Å². The van der Waals surface area contributed by atoms with Crippen LogP contribution in [-0.4, -0.2) is 30.3 Å². The quantitative estimate of drug-likeness (QED) is 0.914. The molecule has 23 heavy (non-hydrogen) atoms. The number of likely N-dealkylation sites (N-methyl/N-ethyl adjacent to an activating group) is 1. The first-order chi connectivity index (χ1) is 10.9. The second kappa shape index (κ2) is 7.42. The van der Waals surface area contributed by atoms with Crippen molar-refractivity contribution in [3.05, 3.63) is 57.3 Å².